The number of nitrogens with zero attached hydrogens (tertiary/aromatic N) is 2. The fourth-order valence-electron chi connectivity index (χ4n) is 0.287. The Morgan fingerprint density at radius 3 is 3.00 bits per heavy atom. The van der Waals surface area contributed by atoms with Crippen LogP contribution < -0.4 is 5.73 Å². The third-order valence-corrected chi connectivity index (χ3v) is 0.624. The van der Waals surface area contributed by atoms with Crippen LogP contribution in [0.4, 0.5) is 0 Å². The van der Waals surface area contributed by atoms with Gasteiger partial charge in [0.05, 0.1) is 5.69 Å². The second kappa shape index (κ2) is 1.70. The highest BCUT2D eigenvalue weighted by Crippen LogP contribution is 1.79. The summed E-state index contributed by atoms with van der Waals surface area (Å²) in [6.45, 7) is 0.424. The van der Waals surface area contributed by atoms with Crippen molar-refractivity contribution in [2.45, 2.75) is 6.54 Å². The first-order chi connectivity index (χ1) is 3.43. The SMILES string of the molecule is NCc1[c]nn[nH]1. The minimum Gasteiger partial charge on any atom is -0.325 e. The van der Waals surface area contributed by atoms with Crippen LogP contribution in [0.2, 0.25) is 0 Å². The van der Waals surface area contributed by atoms with Crippen molar-refractivity contribution in [2.24, 2.45) is 5.73 Å². The van der Waals surface area contributed by atoms with E-state index in [0.29, 0.717) is 6.54 Å². The molecule has 1 heterocycles. The van der Waals surface area contributed by atoms with E-state index in [4.69, 9.17) is 5.73 Å². The average Bonchev–Trinajstić information content (AvgIpc) is 2.14. The quantitative estimate of drug-likeness (QED) is 0.475. The Kier molecular flexibility index (Phi) is 1.04. The molecule has 3 N–H and O–H groups in total. The lowest BCUT2D eigenvalue weighted by Crippen LogP contribution is -1.95. The van der Waals surface area contributed by atoms with Crippen molar-refractivity contribution in [3.05, 3.63) is 11.9 Å². The first-order valence-electron chi connectivity index (χ1n) is 1.91. The van der Waals surface area contributed by atoms with Gasteiger partial charge in [-0.3, -0.25) is 5.10 Å². The van der Waals surface area contributed by atoms with Crippen molar-refractivity contribution in [1.29, 1.82) is 0 Å². The summed E-state index contributed by atoms with van der Waals surface area (Å²) in [6.07, 6.45) is 2.55. The molecule has 4 heteroatoms. The van der Waals surface area contributed by atoms with Gasteiger partial charge >= 0.3 is 0 Å². The number of aromatic amines is 1. The van der Waals surface area contributed by atoms with Gasteiger partial charge in [-0.2, -0.15) is 0 Å². The summed E-state index contributed by atoms with van der Waals surface area (Å²) in [5.74, 6) is 0. The topological polar surface area (TPSA) is 67.6 Å². The van der Waals surface area contributed by atoms with E-state index >= 15 is 0 Å². The summed E-state index contributed by atoms with van der Waals surface area (Å²) in [4.78, 5) is 0. The van der Waals surface area contributed by atoms with Crippen molar-refractivity contribution in [1.82, 2.24) is 15.4 Å². The van der Waals surface area contributed by atoms with Crippen molar-refractivity contribution >= 4 is 0 Å². The largest absolute Gasteiger partial charge is 0.325 e. The molecule has 7 heavy (non-hydrogen) atoms. The van der Waals surface area contributed by atoms with Gasteiger partial charge in [0.15, 0.2) is 0 Å². The Bertz CT molecular complexity index is 121. The lowest BCUT2D eigenvalue weighted by Gasteiger charge is -1.77. The highest BCUT2D eigenvalue weighted by atomic mass is 15.3. The summed E-state index contributed by atoms with van der Waals surface area (Å²) in [5, 5.41) is 9.31. The molecule has 0 aliphatic carbocycles. The first-order valence-corrected chi connectivity index (χ1v) is 1.91. The molecular weight excluding hydrogens is 92.1 g/mol. The number of hydrogen-bond acceptors (Lipinski definition) is 3. The molecule has 1 rings (SSSR count). The maximum Gasteiger partial charge on any atom is 0.139 e. The zero-order valence-corrected chi connectivity index (χ0v) is 3.68. The summed E-state index contributed by atoms with van der Waals surface area (Å²) >= 11 is 0. The van der Waals surface area contributed by atoms with Crippen molar-refractivity contribution < 1.29 is 0 Å². The predicted octanol–water partition coefficient (Wildman–Crippen LogP) is -0.936. The van der Waals surface area contributed by atoms with Gasteiger partial charge in [0.2, 0.25) is 0 Å². The average molecular weight is 97.1 g/mol. The number of H-pyrrole nitrogens is 1. The molecule has 1 radical (unpaired) electrons. The monoisotopic (exact) mass is 97.1 g/mol. The normalized spacial score (nSPS) is 9.29. The summed E-state index contributed by atoms with van der Waals surface area (Å²) in [7, 11) is 0. The number of rotatable bonds is 1. The number of nitrogens with one attached hydrogen (secondary N) is 1. The van der Waals surface area contributed by atoms with Crippen LogP contribution in [-0.2, 0) is 6.54 Å². The molecule has 37 valence electrons. The predicted molar refractivity (Wildman–Crippen MR) is 23.1 cm³/mol. The molecule has 0 spiro atoms. The van der Waals surface area contributed by atoms with Crippen molar-refractivity contribution in [2.75, 3.05) is 0 Å². The summed E-state index contributed by atoms with van der Waals surface area (Å²) < 4.78 is 0. The van der Waals surface area contributed by atoms with Gasteiger partial charge in [0, 0.05) is 6.54 Å². The molecule has 1 aromatic rings. The van der Waals surface area contributed by atoms with E-state index in [-0.39, 0.29) is 0 Å². The van der Waals surface area contributed by atoms with Gasteiger partial charge in [0.1, 0.15) is 6.20 Å². The maximum absolute atomic E-state index is 5.15. The smallest absolute Gasteiger partial charge is 0.139 e. The zero-order valence-electron chi connectivity index (χ0n) is 3.68. The molecule has 0 atom stereocenters. The van der Waals surface area contributed by atoms with E-state index in [2.05, 4.69) is 21.6 Å². The lowest BCUT2D eigenvalue weighted by molar-refractivity contribution is 0.898. The van der Waals surface area contributed by atoms with Crippen LogP contribution in [0.15, 0.2) is 0 Å². The number of aromatic nitrogens is 3. The fraction of sp³-hybridized carbons (Fsp3) is 0.333. The number of nitrogens with two attached hydrogens (primary N) is 1. The molecule has 0 aromatic carbocycles. The molecule has 0 amide bonds. The van der Waals surface area contributed by atoms with Crippen molar-refractivity contribution in [3.63, 3.8) is 0 Å². The Balaban J connectivity index is 2.76. The Labute approximate surface area is 40.7 Å². The Morgan fingerprint density at radius 2 is 2.71 bits per heavy atom. The standard InChI is InChI=1S/C3H5N4/c4-1-3-2-5-7-6-3/h1,4H2,(H,5,6,7). The van der Waals surface area contributed by atoms with Gasteiger partial charge in [-0.15, -0.1) is 5.10 Å². The second-order valence-corrected chi connectivity index (χ2v) is 1.11. The van der Waals surface area contributed by atoms with Gasteiger partial charge in [0.25, 0.3) is 0 Å². The molecule has 4 nitrogen and oxygen atoms in total. The van der Waals surface area contributed by atoms with Crippen LogP contribution >= 0.6 is 0 Å². The maximum atomic E-state index is 5.15. The van der Waals surface area contributed by atoms with Crippen LogP contribution in [0.3, 0.4) is 0 Å². The summed E-state index contributed by atoms with van der Waals surface area (Å²) in [5.41, 5.74) is 5.89. The van der Waals surface area contributed by atoms with E-state index in [1.165, 1.54) is 0 Å². The molecule has 0 saturated heterocycles. The highest BCUT2D eigenvalue weighted by Gasteiger charge is 1.85. The minimum atomic E-state index is 0.424. The lowest BCUT2D eigenvalue weighted by atomic mass is 10.5. The van der Waals surface area contributed by atoms with Crippen molar-refractivity contribution in [3.8, 4) is 0 Å². The molecule has 0 unspecified atom stereocenters. The van der Waals surface area contributed by atoms with Crippen LogP contribution in [0.5, 0.6) is 0 Å². The molecule has 0 aliphatic rings. The third kappa shape index (κ3) is 0.747. The van der Waals surface area contributed by atoms with Crippen LogP contribution in [-0.4, -0.2) is 15.4 Å². The molecule has 0 aliphatic heterocycles. The Morgan fingerprint density at radius 1 is 1.86 bits per heavy atom. The second-order valence-electron chi connectivity index (χ2n) is 1.11. The van der Waals surface area contributed by atoms with Crippen LogP contribution in [0, 0.1) is 6.20 Å². The van der Waals surface area contributed by atoms with Gasteiger partial charge < -0.3 is 5.73 Å². The highest BCUT2D eigenvalue weighted by molar-refractivity contribution is 4.85. The van der Waals surface area contributed by atoms with E-state index in [9.17, 15) is 0 Å². The molecule has 0 saturated carbocycles. The summed E-state index contributed by atoms with van der Waals surface area (Å²) in [6, 6.07) is 0. The van der Waals surface area contributed by atoms with Gasteiger partial charge in [-0.25, -0.2) is 0 Å². The minimum absolute atomic E-state index is 0.424. The van der Waals surface area contributed by atoms with Gasteiger partial charge in [-0.1, -0.05) is 5.21 Å². The molecule has 0 fully saturated rings. The number of hydrogen-bond donors (Lipinski definition) is 2. The first kappa shape index (κ1) is 4.26. The molecule has 0 bridgehead atoms. The van der Waals surface area contributed by atoms with E-state index < -0.39 is 0 Å². The zero-order chi connectivity index (χ0) is 5.11. The Hall–Kier alpha value is -0.900. The van der Waals surface area contributed by atoms with E-state index in [1.54, 1.807) is 0 Å². The van der Waals surface area contributed by atoms with Gasteiger partial charge in [-0.05, 0) is 0 Å². The molecular formula is C3H5N4. The van der Waals surface area contributed by atoms with Crippen LogP contribution in [0.25, 0.3) is 0 Å². The fourth-order valence-corrected chi connectivity index (χ4v) is 0.287. The van der Waals surface area contributed by atoms with E-state index in [1.807, 2.05) is 0 Å². The third-order valence-electron chi connectivity index (χ3n) is 0.624. The van der Waals surface area contributed by atoms with Crippen LogP contribution in [0.1, 0.15) is 5.69 Å². The molecule has 1 aromatic heterocycles. The van der Waals surface area contributed by atoms with E-state index in [0.717, 1.165) is 5.69 Å².